The van der Waals surface area contributed by atoms with Gasteiger partial charge >= 0.3 is 18.0 Å². The number of allylic oxidation sites excluding steroid dienone is 9. The summed E-state index contributed by atoms with van der Waals surface area (Å²) in [5.41, 5.74) is 0.803. The molecule has 0 bridgehead atoms. The van der Waals surface area contributed by atoms with Crippen LogP contribution in [-0.2, 0) is 68.0 Å². The first kappa shape index (κ1) is 54.4. The maximum absolute atomic E-state index is 12.8. The number of nitrogens with one attached hydrogen (secondary N) is 4. The monoisotopic (exact) mass is 872 g/mol. The van der Waals surface area contributed by atoms with Crippen LogP contribution >= 0.6 is 0 Å². The van der Waals surface area contributed by atoms with Crippen molar-refractivity contribution in [1.82, 2.24) is 21.3 Å². The van der Waals surface area contributed by atoms with Gasteiger partial charge in [-0.25, -0.2) is 11.3 Å². The largest absolute Gasteiger partial charge is 0.483 e. The Bertz CT molecular complexity index is 1480. The third-order valence-corrected chi connectivity index (χ3v) is 7.06. The number of carboxylic acid groups (broad SMARTS) is 3. The van der Waals surface area contributed by atoms with Crippen LogP contribution in [0.2, 0.25) is 0 Å². The van der Waals surface area contributed by atoms with Crippen molar-refractivity contribution in [2.24, 2.45) is 0 Å². The van der Waals surface area contributed by atoms with Gasteiger partial charge in [0.25, 0.3) is 6.47 Å². The molecule has 1 aromatic rings. The van der Waals surface area contributed by atoms with Crippen molar-refractivity contribution in [2.45, 2.75) is 82.8 Å². The number of hydrogen-bond donors (Lipinski definition) is 9. The number of aliphatic hydroxyl groups excluding tert-OH is 2. The standard InChI is InChI=1S/C39H53N4O10.CH2O2.Y/c1-2-3-12-20-31(44)21-15-9-7-5-4-6-8-10-16-22-32(34(45)24-25-36(47)48)41-27-33(38(51)42-28-37(49)50)43-35(46)23-17-26-40-39(52)53-29-30-18-13-11-14-19-30;2-1-3;/h3-4,6-16,18-19,21-22,26,31-34,41,44-45H,2,5,17,20,23-25,27-29H2,1H3,(H,40,52)(H,42,51)(H,43,46)(H,47,48)(H,49,50);1H,(H,2,3);/q-1;;/b6-4-,9-7-,10-8+,12-3-,21-15+,22-16+;;/t31-,32+,33-,34-;;/m0../s1. The third kappa shape index (κ3) is 33.1. The Morgan fingerprint density at radius 2 is 1.51 bits per heavy atom. The Labute approximate surface area is 358 Å². The summed E-state index contributed by atoms with van der Waals surface area (Å²) >= 11 is 0. The Hall–Kier alpha value is -4.74. The van der Waals surface area contributed by atoms with Crippen molar-refractivity contribution in [3.05, 3.63) is 115 Å². The number of carbonyl (C=O) groups is 6. The number of aliphatic hydroxyl groups is 2. The zero-order valence-corrected chi connectivity index (χ0v) is 34.9. The molecule has 9 N–H and O–H groups in total. The average Bonchev–Trinajstić information content (AvgIpc) is 3.17. The number of alkyl carbamates (subject to hydrolysis) is 1. The molecule has 1 rings (SSSR count). The van der Waals surface area contributed by atoms with Gasteiger partial charge in [0.1, 0.15) is 19.2 Å². The summed E-state index contributed by atoms with van der Waals surface area (Å²) < 4.78 is 5.10. The molecule has 4 atom stereocenters. The molecule has 0 aliphatic carbocycles. The van der Waals surface area contributed by atoms with Crippen LogP contribution in [0.25, 0.3) is 0 Å². The number of rotatable bonds is 27. The van der Waals surface area contributed by atoms with Crippen LogP contribution in [0.1, 0.15) is 57.4 Å². The number of benzene rings is 1. The average molecular weight is 873 g/mol. The predicted octanol–water partition coefficient (Wildman–Crippen LogP) is 3.31. The van der Waals surface area contributed by atoms with Crippen LogP contribution in [0.5, 0.6) is 0 Å². The summed E-state index contributed by atoms with van der Waals surface area (Å²) in [5.74, 6) is -3.76. The van der Waals surface area contributed by atoms with Crippen LogP contribution in [-0.4, -0.2) is 99.2 Å². The SMILES string of the molecule is CC/C=C\C[C@H](O)/C=C/C=C\C\C=C/C=C/C=C/[C@@H](NC[C@H](NC(=O)CC[CH-]NC(=O)OCc1ccccc1)C(=O)NCC(=O)O)[C@@H](O)CCC(=O)O.O=CO.[Y]. The van der Waals surface area contributed by atoms with Gasteiger partial charge in [-0.05, 0) is 31.2 Å². The smallest absolute Gasteiger partial charge is 0.377 e. The molecule has 0 saturated heterocycles. The molecule has 0 aliphatic rings. The van der Waals surface area contributed by atoms with Crippen LogP contribution in [0.4, 0.5) is 4.79 Å². The second-order valence-electron chi connectivity index (χ2n) is 11.6. The molecule has 0 aliphatic heterocycles. The van der Waals surface area contributed by atoms with E-state index in [0.717, 1.165) is 12.0 Å². The molecule has 0 unspecified atom stereocenters. The van der Waals surface area contributed by atoms with E-state index in [4.69, 9.17) is 24.9 Å². The summed E-state index contributed by atoms with van der Waals surface area (Å²) in [6, 6.07) is 6.97. The second-order valence-corrected chi connectivity index (χ2v) is 11.6. The summed E-state index contributed by atoms with van der Waals surface area (Å²) in [4.78, 5) is 67.9. The summed E-state index contributed by atoms with van der Waals surface area (Å²) in [5, 5.41) is 55.7. The van der Waals surface area contributed by atoms with E-state index in [2.05, 4.69) is 21.3 Å². The molecule has 1 aromatic carbocycles. The molecular formula is C40H55N4O12Y-. The number of amides is 3. The van der Waals surface area contributed by atoms with E-state index in [1.165, 1.54) is 6.54 Å². The molecule has 0 fully saturated rings. The second kappa shape index (κ2) is 36.9. The maximum atomic E-state index is 12.8. The van der Waals surface area contributed by atoms with Gasteiger partial charge in [0, 0.05) is 52.1 Å². The first-order chi connectivity index (χ1) is 26.9. The van der Waals surface area contributed by atoms with Crippen LogP contribution in [0.15, 0.2) is 103 Å². The van der Waals surface area contributed by atoms with Crippen LogP contribution in [0, 0.1) is 6.54 Å². The fourth-order valence-corrected chi connectivity index (χ4v) is 4.30. The van der Waals surface area contributed by atoms with Crippen molar-refractivity contribution in [1.29, 1.82) is 0 Å². The van der Waals surface area contributed by atoms with Crippen molar-refractivity contribution >= 4 is 36.3 Å². The number of aliphatic carboxylic acids is 2. The molecule has 16 nitrogen and oxygen atoms in total. The molecule has 1 radical (unpaired) electrons. The number of ether oxygens (including phenoxy) is 1. The minimum atomic E-state index is -1.29. The summed E-state index contributed by atoms with van der Waals surface area (Å²) in [6.45, 7) is 2.26. The van der Waals surface area contributed by atoms with Gasteiger partial charge in [-0.3, -0.25) is 24.0 Å². The first-order valence-corrected chi connectivity index (χ1v) is 17.9. The minimum Gasteiger partial charge on any atom is -0.483 e. The topological polar surface area (TPSA) is 261 Å². The quantitative estimate of drug-likeness (QED) is 0.0202. The minimum absolute atomic E-state index is 0. The summed E-state index contributed by atoms with van der Waals surface area (Å²) in [7, 11) is 0. The van der Waals surface area contributed by atoms with Gasteiger partial charge in [0.2, 0.25) is 11.8 Å². The van der Waals surface area contributed by atoms with Gasteiger partial charge in [-0.2, -0.15) is 6.42 Å². The number of carboxylic acids is 2. The van der Waals surface area contributed by atoms with E-state index in [-0.39, 0.29) is 78.0 Å². The zero-order chi connectivity index (χ0) is 41.8. The molecular weight excluding hydrogens is 817 g/mol. The first-order valence-electron chi connectivity index (χ1n) is 17.9. The fourth-order valence-electron chi connectivity index (χ4n) is 4.30. The molecule has 17 heteroatoms. The van der Waals surface area contributed by atoms with Crippen molar-refractivity contribution in [3.63, 3.8) is 0 Å². The van der Waals surface area contributed by atoms with Gasteiger partial charge in [-0.1, -0.05) is 110 Å². The Balaban J connectivity index is 0. The Morgan fingerprint density at radius 3 is 2.16 bits per heavy atom. The fraction of sp³-hybridized carbons (Fsp3) is 0.375. The molecule has 57 heavy (non-hydrogen) atoms. The molecule has 0 aromatic heterocycles. The van der Waals surface area contributed by atoms with Crippen molar-refractivity contribution in [3.8, 4) is 0 Å². The van der Waals surface area contributed by atoms with Gasteiger partial charge in [0.15, 0.2) is 0 Å². The van der Waals surface area contributed by atoms with Crippen molar-refractivity contribution < 1.29 is 91.7 Å². The Kier molecular flexibility index (Phi) is 35.2. The predicted molar refractivity (Wildman–Crippen MR) is 210 cm³/mol. The van der Waals surface area contributed by atoms with E-state index in [9.17, 15) is 34.2 Å². The van der Waals surface area contributed by atoms with Gasteiger partial charge in [-0.15, -0.1) is 0 Å². The van der Waals surface area contributed by atoms with E-state index >= 15 is 0 Å². The van der Waals surface area contributed by atoms with E-state index in [0.29, 0.717) is 12.8 Å². The normalized spacial score (nSPS) is 13.5. The molecule has 311 valence electrons. The van der Waals surface area contributed by atoms with Gasteiger partial charge < -0.3 is 51.5 Å². The molecule has 0 spiro atoms. The molecule has 0 heterocycles. The number of hydrogen-bond acceptors (Lipinski definition) is 10. The van der Waals surface area contributed by atoms with Gasteiger partial charge in [0.05, 0.1) is 18.2 Å². The molecule has 0 saturated carbocycles. The van der Waals surface area contributed by atoms with Crippen LogP contribution in [0.3, 0.4) is 0 Å². The maximum Gasteiger partial charge on any atom is 0.377 e. The van der Waals surface area contributed by atoms with E-state index in [1.54, 1.807) is 48.6 Å². The zero-order valence-electron chi connectivity index (χ0n) is 32.0. The van der Waals surface area contributed by atoms with E-state index in [1.807, 2.05) is 61.6 Å². The Morgan fingerprint density at radius 1 is 0.860 bits per heavy atom. The van der Waals surface area contributed by atoms with Crippen molar-refractivity contribution in [2.75, 3.05) is 13.1 Å². The third-order valence-electron chi connectivity index (χ3n) is 7.06. The molecule has 3 amide bonds. The van der Waals surface area contributed by atoms with Crippen LogP contribution < -0.4 is 21.3 Å². The summed E-state index contributed by atoms with van der Waals surface area (Å²) in [6.07, 6.45) is 20.9. The number of carbonyl (C=O) groups excluding carboxylic acids is 3. The van der Waals surface area contributed by atoms with E-state index < -0.39 is 60.7 Å².